The van der Waals surface area contributed by atoms with E-state index >= 15 is 0 Å². The molecule has 1 rings (SSSR count). The van der Waals surface area contributed by atoms with Crippen molar-refractivity contribution in [3.63, 3.8) is 0 Å². The van der Waals surface area contributed by atoms with Gasteiger partial charge >= 0.3 is 0 Å². The Morgan fingerprint density at radius 1 is 1.44 bits per heavy atom. The van der Waals surface area contributed by atoms with Gasteiger partial charge in [-0.2, -0.15) is 0 Å². The minimum atomic E-state index is 1.04. The lowest BCUT2D eigenvalue weighted by molar-refractivity contribution is 1.31. The minimum Gasteiger partial charge on any atom is -0.272 e. The monoisotopic (exact) mass is 118 g/mol. The van der Waals surface area contributed by atoms with E-state index in [-0.39, 0.29) is 0 Å². The summed E-state index contributed by atoms with van der Waals surface area (Å²) < 4.78 is 0. The fourth-order valence-electron chi connectivity index (χ4n) is 0.650. The number of hydrogen-bond acceptors (Lipinski definition) is 1. The average molecular weight is 118 g/mol. The van der Waals surface area contributed by atoms with E-state index in [1.807, 2.05) is 33.3 Å². The summed E-state index contributed by atoms with van der Waals surface area (Å²) in [6.07, 6.45) is 1.87. The predicted molar refractivity (Wildman–Crippen MR) is 40.2 cm³/mol. The van der Waals surface area contributed by atoms with Crippen LogP contribution in [0.4, 0.5) is 0 Å². The summed E-state index contributed by atoms with van der Waals surface area (Å²) in [7, 11) is 1.99. The highest BCUT2D eigenvalue weighted by Gasteiger charge is 1.87. The Morgan fingerprint density at radius 3 is 2.67 bits per heavy atom. The molecule has 0 unspecified atom stereocenters. The zero-order valence-electron chi connectivity index (χ0n) is 5.76. The van der Waals surface area contributed by atoms with Crippen LogP contribution in [0, 0.1) is 6.92 Å². The Bertz CT molecular complexity index is 181. The van der Waals surface area contributed by atoms with Gasteiger partial charge in [-0.05, 0) is 18.1 Å². The van der Waals surface area contributed by atoms with Gasteiger partial charge in [-0.1, -0.05) is 19.0 Å². The molecule has 0 saturated heterocycles. The molecule has 1 nitrogen and oxygen atoms in total. The zero-order valence-corrected chi connectivity index (χ0v) is 5.76. The molecule has 0 aromatic carbocycles. The van der Waals surface area contributed by atoms with Crippen molar-refractivity contribution in [2.45, 2.75) is 13.7 Å². The smallest absolute Gasteiger partial charge is 0.174 e. The molecule has 0 amide bonds. The standard InChI is InChI=1S/C7H9BN/c1-6-3-4-7(8-2)9-5-6/h3-5H,1-2H3. The van der Waals surface area contributed by atoms with Crippen LogP contribution >= 0.6 is 0 Å². The number of rotatable bonds is 1. The van der Waals surface area contributed by atoms with Crippen molar-refractivity contribution < 1.29 is 0 Å². The molecule has 0 atom stereocenters. The largest absolute Gasteiger partial charge is 0.272 e. The molecule has 0 aliphatic rings. The quantitative estimate of drug-likeness (QED) is 0.496. The van der Waals surface area contributed by atoms with E-state index in [2.05, 4.69) is 11.1 Å². The van der Waals surface area contributed by atoms with E-state index in [4.69, 9.17) is 0 Å². The third kappa shape index (κ3) is 1.56. The molecule has 9 heavy (non-hydrogen) atoms. The fourth-order valence-corrected chi connectivity index (χ4v) is 0.650. The third-order valence-corrected chi connectivity index (χ3v) is 1.23. The maximum absolute atomic E-state index is 4.14. The van der Waals surface area contributed by atoms with Gasteiger partial charge in [0.25, 0.3) is 0 Å². The summed E-state index contributed by atoms with van der Waals surface area (Å²) in [5.41, 5.74) is 2.25. The first-order valence-corrected chi connectivity index (χ1v) is 3.05. The molecule has 0 bridgehead atoms. The summed E-state index contributed by atoms with van der Waals surface area (Å²) in [5.74, 6) is 0. The molecule has 0 fully saturated rings. The molecule has 0 aliphatic heterocycles. The molecule has 1 aromatic heterocycles. The molecular weight excluding hydrogens is 109 g/mol. The number of pyridine rings is 1. The van der Waals surface area contributed by atoms with Crippen LogP contribution in [0.1, 0.15) is 5.56 Å². The van der Waals surface area contributed by atoms with E-state index in [9.17, 15) is 0 Å². The highest BCUT2D eigenvalue weighted by molar-refractivity contribution is 6.50. The van der Waals surface area contributed by atoms with Gasteiger partial charge in [0.15, 0.2) is 7.28 Å². The first-order valence-electron chi connectivity index (χ1n) is 3.05. The maximum Gasteiger partial charge on any atom is 0.174 e. The van der Waals surface area contributed by atoms with Crippen molar-refractivity contribution in [2.24, 2.45) is 0 Å². The summed E-state index contributed by atoms with van der Waals surface area (Å²) in [6.45, 7) is 4.02. The molecule has 2 heteroatoms. The van der Waals surface area contributed by atoms with Gasteiger partial charge in [-0.15, -0.1) is 0 Å². The van der Waals surface area contributed by atoms with Crippen LogP contribution in [0.5, 0.6) is 0 Å². The number of aromatic nitrogens is 1. The number of aryl methyl sites for hydroxylation is 1. The van der Waals surface area contributed by atoms with Gasteiger partial charge in [0, 0.05) is 6.20 Å². The molecule has 1 heterocycles. The van der Waals surface area contributed by atoms with Gasteiger partial charge in [0.05, 0.1) is 0 Å². The fraction of sp³-hybridized carbons (Fsp3) is 0.286. The summed E-state index contributed by atoms with van der Waals surface area (Å²) in [6, 6.07) is 4.07. The van der Waals surface area contributed by atoms with E-state index in [0.717, 1.165) is 5.59 Å². The van der Waals surface area contributed by atoms with Crippen LogP contribution in [0.3, 0.4) is 0 Å². The molecule has 1 radical (unpaired) electrons. The number of nitrogens with zero attached hydrogens (tertiary/aromatic N) is 1. The van der Waals surface area contributed by atoms with E-state index in [0.29, 0.717) is 0 Å². The van der Waals surface area contributed by atoms with Crippen molar-refractivity contribution in [3.8, 4) is 0 Å². The van der Waals surface area contributed by atoms with Crippen molar-refractivity contribution in [1.29, 1.82) is 0 Å². The normalized spacial score (nSPS) is 9.11. The van der Waals surface area contributed by atoms with Crippen LogP contribution in [0.25, 0.3) is 0 Å². The average Bonchev–Trinajstić information content (AvgIpc) is 1.90. The van der Waals surface area contributed by atoms with E-state index < -0.39 is 0 Å². The SMILES string of the molecule is C[B]c1ccc(C)cn1. The van der Waals surface area contributed by atoms with Crippen molar-refractivity contribution in [1.82, 2.24) is 4.98 Å². The summed E-state index contributed by atoms with van der Waals surface area (Å²) in [5, 5.41) is 0. The van der Waals surface area contributed by atoms with Gasteiger partial charge in [0.2, 0.25) is 0 Å². The highest BCUT2D eigenvalue weighted by atomic mass is 14.6. The van der Waals surface area contributed by atoms with Crippen molar-refractivity contribution in [3.05, 3.63) is 23.9 Å². The molecule has 45 valence electrons. The van der Waals surface area contributed by atoms with E-state index in [1.165, 1.54) is 5.56 Å². The topological polar surface area (TPSA) is 12.9 Å². The second-order valence-corrected chi connectivity index (χ2v) is 2.05. The van der Waals surface area contributed by atoms with Gasteiger partial charge in [0.1, 0.15) is 0 Å². The minimum absolute atomic E-state index is 1.04. The Balaban J connectivity index is 2.88. The lowest BCUT2D eigenvalue weighted by atomic mass is 9.77. The molecule has 0 spiro atoms. The van der Waals surface area contributed by atoms with Crippen LogP contribution in [-0.4, -0.2) is 12.3 Å². The Hall–Kier alpha value is -0.785. The third-order valence-electron chi connectivity index (χ3n) is 1.23. The molecule has 1 aromatic rings. The Kier molecular flexibility index (Phi) is 1.88. The lowest BCUT2D eigenvalue weighted by Crippen LogP contribution is -2.13. The van der Waals surface area contributed by atoms with Gasteiger partial charge < -0.3 is 0 Å². The van der Waals surface area contributed by atoms with Crippen molar-refractivity contribution in [2.75, 3.05) is 0 Å². The van der Waals surface area contributed by atoms with Gasteiger partial charge in [-0.25, -0.2) is 0 Å². The van der Waals surface area contributed by atoms with Crippen LogP contribution < -0.4 is 5.59 Å². The summed E-state index contributed by atoms with van der Waals surface area (Å²) in [4.78, 5) is 4.14. The first kappa shape index (κ1) is 6.34. The maximum atomic E-state index is 4.14. The molecular formula is C7H9BN. The Morgan fingerprint density at radius 2 is 2.22 bits per heavy atom. The Labute approximate surface area is 56.4 Å². The van der Waals surface area contributed by atoms with Crippen LogP contribution in [0.15, 0.2) is 18.3 Å². The molecule has 0 saturated carbocycles. The predicted octanol–water partition coefficient (Wildman–Crippen LogP) is 0.768. The number of hydrogen-bond donors (Lipinski definition) is 0. The van der Waals surface area contributed by atoms with Crippen LogP contribution in [0.2, 0.25) is 6.82 Å². The second-order valence-electron chi connectivity index (χ2n) is 2.05. The summed E-state index contributed by atoms with van der Waals surface area (Å²) >= 11 is 0. The van der Waals surface area contributed by atoms with Crippen LogP contribution in [-0.2, 0) is 0 Å². The lowest BCUT2D eigenvalue weighted by Gasteiger charge is -1.92. The van der Waals surface area contributed by atoms with Gasteiger partial charge in [-0.3, -0.25) is 4.98 Å². The second kappa shape index (κ2) is 2.67. The van der Waals surface area contributed by atoms with Crippen molar-refractivity contribution >= 4 is 12.9 Å². The molecule has 0 aliphatic carbocycles. The van der Waals surface area contributed by atoms with E-state index in [1.54, 1.807) is 0 Å². The highest BCUT2D eigenvalue weighted by Crippen LogP contribution is 1.87. The first-order chi connectivity index (χ1) is 4.33. The molecule has 0 N–H and O–H groups in total. The zero-order chi connectivity index (χ0) is 6.69.